The number of unbranched alkanes of at least 4 members (excludes halogenated alkanes) is 1. The van der Waals surface area contributed by atoms with E-state index in [1.54, 1.807) is 6.07 Å². The van der Waals surface area contributed by atoms with E-state index >= 15 is 0 Å². The SMILES string of the molecule is CCCCOc1ccccc1N1CC(C(=O)O)CC1=O. The first-order chi connectivity index (χ1) is 9.63. The van der Waals surface area contributed by atoms with Gasteiger partial charge in [-0.25, -0.2) is 0 Å². The first-order valence-corrected chi connectivity index (χ1v) is 6.88. The Morgan fingerprint density at radius 3 is 2.85 bits per heavy atom. The highest BCUT2D eigenvalue weighted by atomic mass is 16.5. The summed E-state index contributed by atoms with van der Waals surface area (Å²) in [5.74, 6) is -1.08. The minimum Gasteiger partial charge on any atom is -0.491 e. The average Bonchev–Trinajstić information content (AvgIpc) is 2.82. The number of hydrogen-bond acceptors (Lipinski definition) is 3. The van der Waals surface area contributed by atoms with Crippen LogP contribution in [0.3, 0.4) is 0 Å². The second-order valence-corrected chi connectivity index (χ2v) is 4.91. The predicted molar refractivity (Wildman–Crippen MR) is 74.9 cm³/mol. The third-order valence-corrected chi connectivity index (χ3v) is 3.39. The molecular weight excluding hydrogens is 258 g/mol. The Balaban J connectivity index is 2.16. The summed E-state index contributed by atoms with van der Waals surface area (Å²) in [6.45, 7) is 2.89. The Labute approximate surface area is 118 Å². The van der Waals surface area contributed by atoms with Crippen LogP contribution in [0.15, 0.2) is 24.3 Å². The standard InChI is InChI=1S/C15H19NO4/c1-2-3-8-20-13-7-5-4-6-12(13)16-10-11(15(18)19)9-14(16)17/h4-7,11H,2-3,8-10H2,1H3,(H,18,19). The third-order valence-electron chi connectivity index (χ3n) is 3.39. The number of carbonyl (C=O) groups excluding carboxylic acids is 1. The summed E-state index contributed by atoms with van der Waals surface area (Å²) in [6.07, 6.45) is 2.03. The van der Waals surface area contributed by atoms with Crippen molar-refractivity contribution in [1.82, 2.24) is 0 Å². The lowest BCUT2D eigenvalue weighted by atomic mass is 10.1. The van der Waals surface area contributed by atoms with Crippen LogP contribution in [-0.4, -0.2) is 30.1 Å². The Morgan fingerprint density at radius 2 is 2.20 bits per heavy atom. The topological polar surface area (TPSA) is 66.8 Å². The maximum absolute atomic E-state index is 12.0. The van der Waals surface area contributed by atoms with Crippen molar-refractivity contribution in [2.24, 2.45) is 5.92 Å². The van der Waals surface area contributed by atoms with Gasteiger partial charge in [-0.15, -0.1) is 0 Å². The van der Waals surface area contributed by atoms with Gasteiger partial charge in [-0.3, -0.25) is 9.59 Å². The van der Waals surface area contributed by atoms with Gasteiger partial charge in [0, 0.05) is 13.0 Å². The van der Waals surface area contributed by atoms with E-state index in [1.165, 1.54) is 4.90 Å². The van der Waals surface area contributed by atoms with Crippen molar-refractivity contribution in [2.75, 3.05) is 18.1 Å². The number of rotatable bonds is 6. The van der Waals surface area contributed by atoms with E-state index in [9.17, 15) is 9.59 Å². The molecule has 5 nitrogen and oxygen atoms in total. The molecule has 5 heteroatoms. The minimum absolute atomic E-state index is 0.0542. The first kappa shape index (κ1) is 14.4. The zero-order valence-corrected chi connectivity index (χ0v) is 11.5. The number of anilines is 1. The molecule has 0 bridgehead atoms. The minimum atomic E-state index is -0.926. The normalized spacial score (nSPS) is 18.4. The van der Waals surface area contributed by atoms with Gasteiger partial charge in [0.15, 0.2) is 0 Å². The van der Waals surface area contributed by atoms with Crippen molar-refractivity contribution < 1.29 is 19.4 Å². The Bertz CT molecular complexity index is 500. The molecule has 2 rings (SSSR count). The quantitative estimate of drug-likeness (QED) is 0.810. The molecule has 1 aromatic rings. The van der Waals surface area contributed by atoms with E-state index in [2.05, 4.69) is 6.92 Å². The molecule has 1 fully saturated rings. The summed E-state index contributed by atoms with van der Waals surface area (Å²) < 4.78 is 5.69. The molecule has 1 N–H and O–H groups in total. The van der Waals surface area contributed by atoms with Crippen LogP contribution in [0, 0.1) is 5.92 Å². The van der Waals surface area contributed by atoms with Crippen LogP contribution in [-0.2, 0) is 9.59 Å². The van der Waals surface area contributed by atoms with Gasteiger partial charge in [0.05, 0.1) is 18.2 Å². The highest BCUT2D eigenvalue weighted by Gasteiger charge is 2.36. The van der Waals surface area contributed by atoms with E-state index in [0.717, 1.165) is 12.8 Å². The Hall–Kier alpha value is -2.04. The molecule has 0 spiro atoms. The molecule has 20 heavy (non-hydrogen) atoms. The number of amides is 1. The predicted octanol–water partition coefficient (Wildman–Crippen LogP) is 2.30. The Kier molecular flexibility index (Phi) is 4.61. The van der Waals surface area contributed by atoms with Crippen molar-refractivity contribution >= 4 is 17.6 Å². The number of carbonyl (C=O) groups is 2. The number of benzene rings is 1. The molecule has 0 radical (unpaired) electrons. The number of carboxylic acid groups (broad SMARTS) is 1. The van der Waals surface area contributed by atoms with Crippen LogP contribution < -0.4 is 9.64 Å². The molecule has 1 aromatic carbocycles. The average molecular weight is 277 g/mol. The second-order valence-electron chi connectivity index (χ2n) is 4.91. The number of carboxylic acids is 1. The van der Waals surface area contributed by atoms with Crippen molar-refractivity contribution in [3.8, 4) is 5.75 Å². The number of hydrogen-bond donors (Lipinski definition) is 1. The zero-order chi connectivity index (χ0) is 14.5. The lowest BCUT2D eigenvalue weighted by Gasteiger charge is -2.20. The molecule has 108 valence electrons. The monoisotopic (exact) mass is 277 g/mol. The molecule has 0 aromatic heterocycles. The van der Waals surface area contributed by atoms with Gasteiger partial charge in [-0.1, -0.05) is 25.5 Å². The van der Waals surface area contributed by atoms with E-state index in [1.807, 2.05) is 18.2 Å². The fourth-order valence-electron chi connectivity index (χ4n) is 2.23. The molecular formula is C15H19NO4. The van der Waals surface area contributed by atoms with Gasteiger partial charge in [-0.2, -0.15) is 0 Å². The van der Waals surface area contributed by atoms with Gasteiger partial charge in [-0.05, 0) is 18.6 Å². The number of para-hydroxylation sites is 2. The highest BCUT2D eigenvalue weighted by Crippen LogP contribution is 2.33. The van der Waals surface area contributed by atoms with Crippen LogP contribution >= 0.6 is 0 Å². The van der Waals surface area contributed by atoms with Gasteiger partial charge >= 0.3 is 5.97 Å². The van der Waals surface area contributed by atoms with Gasteiger partial charge in [0.2, 0.25) is 5.91 Å². The molecule has 1 unspecified atom stereocenters. The van der Waals surface area contributed by atoms with Crippen molar-refractivity contribution in [3.63, 3.8) is 0 Å². The van der Waals surface area contributed by atoms with E-state index in [0.29, 0.717) is 18.0 Å². The van der Waals surface area contributed by atoms with E-state index < -0.39 is 11.9 Å². The summed E-state index contributed by atoms with van der Waals surface area (Å²) in [5.41, 5.74) is 0.664. The van der Waals surface area contributed by atoms with Crippen LogP contribution in [0.1, 0.15) is 26.2 Å². The molecule has 1 aliphatic rings. The van der Waals surface area contributed by atoms with Gasteiger partial charge in [0.25, 0.3) is 0 Å². The molecule has 1 heterocycles. The van der Waals surface area contributed by atoms with Crippen molar-refractivity contribution in [3.05, 3.63) is 24.3 Å². The van der Waals surface area contributed by atoms with E-state index in [4.69, 9.17) is 9.84 Å². The second kappa shape index (κ2) is 6.41. The first-order valence-electron chi connectivity index (χ1n) is 6.88. The zero-order valence-electron chi connectivity index (χ0n) is 11.5. The summed E-state index contributed by atoms with van der Waals surface area (Å²) >= 11 is 0. The summed E-state index contributed by atoms with van der Waals surface area (Å²) in [7, 11) is 0. The maximum atomic E-state index is 12.0. The maximum Gasteiger partial charge on any atom is 0.308 e. The fourth-order valence-corrected chi connectivity index (χ4v) is 2.23. The number of ether oxygens (including phenoxy) is 1. The fraction of sp³-hybridized carbons (Fsp3) is 0.467. The highest BCUT2D eigenvalue weighted by molar-refractivity contribution is 6.00. The molecule has 1 amide bonds. The van der Waals surface area contributed by atoms with Crippen molar-refractivity contribution in [2.45, 2.75) is 26.2 Å². The van der Waals surface area contributed by atoms with Crippen LogP contribution in [0.25, 0.3) is 0 Å². The van der Waals surface area contributed by atoms with Crippen LogP contribution in [0.4, 0.5) is 5.69 Å². The van der Waals surface area contributed by atoms with Crippen molar-refractivity contribution in [1.29, 1.82) is 0 Å². The Morgan fingerprint density at radius 1 is 1.45 bits per heavy atom. The van der Waals surface area contributed by atoms with Crippen LogP contribution in [0.2, 0.25) is 0 Å². The summed E-state index contributed by atoms with van der Waals surface area (Å²) in [4.78, 5) is 24.5. The largest absolute Gasteiger partial charge is 0.491 e. The molecule has 0 saturated carbocycles. The third kappa shape index (κ3) is 3.10. The molecule has 1 aliphatic heterocycles. The van der Waals surface area contributed by atoms with Crippen LogP contribution in [0.5, 0.6) is 5.75 Å². The lowest BCUT2D eigenvalue weighted by molar-refractivity contribution is -0.141. The smallest absolute Gasteiger partial charge is 0.308 e. The lowest BCUT2D eigenvalue weighted by Crippen LogP contribution is -2.26. The molecule has 0 aliphatic carbocycles. The number of nitrogens with zero attached hydrogens (tertiary/aromatic N) is 1. The van der Waals surface area contributed by atoms with Gasteiger partial charge in [0.1, 0.15) is 5.75 Å². The molecule has 1 saturated heterocycles. The number of aliphatic carboxylic acids is 1. The molecule has 1 atom stereocenters. The van der Waals surface area contributed by atoms with Gasteiger partial charge < -0.3 is 14.7 Å². The summed E-state index contributed by atoms with van der Waals surface area (Å²) in [6, 6.07) is 7.28. The summed E-state index contributed by atoms with van der Waals surface area (Å²) in [5, 5.41) is 9.03. The van der Waals surface area contributed by atoms with E-state index in [-0.39, 0.29) is 18.9 Å².